The number of rotatable bonds is 3. The number of hydrogen-bond acceptors (Lipinski definition) is 4. The minimum absolute atomic E-state index is 0.224. The Kier molecular flexibility index (Phi) is 3.23. The Bertz CT molecular complexity index is 808. The number of carbonyl (C=O) groups excluding carboxylic acids is 1. The standard InChI is InChI=1S/C16H14N2O3/c1-20-14-5-3-2-4-12(14)18-16(19)15-9-10-8-11(17)6-7-13(10)21-15/h2-9H,17H2,1H3,(H,18,19). The number of hydrogen-bond donors (Lipinski definition) is 2. The monoisotopic (exact) mass is 282 g/mol. The van der Waals surface area contributed by atoms with Crippen LogP contribution in [-0.2, 0) is 0 Å². The molecule has 3 rings (SSSR count). The summed E-state index contributed by atoms with van der Waals surface area (Å²) in [4.78, 5) is 12.2. The topological polar surface area (TPSA) is 77.5 Å². The molecule has 0 aliphatic heterocycles. The zero-order chi connectivity index (χ0) is 14.8. The Morgan fingerprint density at radius 3 is 2.81 bits per heavy atom. The number of carbonyl (C=O) groups is 1. The van der Waals surface area contributed by atoms with E-state index in [2.05, 4.69) is 5.32 Å². The van der Waals surface area contributed by atoms with Gasteiger partial charge in [0.05, 0.1) is 12.8 Å². The fraction of sp³-hybridized carbons (Fsp3) is 0.0625. The molecule has 0 spiro atoms. The summed E-state index contributed by atoms with van der Waals surface area (Å²) in [6.45, 7) is 0. The molecule has 106 valence electrons. The quantitative estimate of drug-likeness (QED) is 0.723. The number of furan rings is 1. The van der Waals surface area contributed by atoms with E-state index in [9.17, 15) is 4.79 Å². The highest BCUT2D eigenvalue weighted by molar-refractivity contribution is 6.05. The zero-order valence-corrected chi connectivity index (χ0v) is 11.4. The number of methoxy groups -OCH3 is 1. The smallest absolute Gasteiger partial charge is 0.291 e. The maximum absolute atomic E-state index is 12.2. The molecule has 0 saturated heterocycles. The summed E-state index contributed by atoms with van der Waals surface area (Å²) in [6.07, 6.45) is 0. The van der Waals surface area contributed by atoms with E-state index in [0.717, 1.165) is 5.39 Å². The summed E-state index contributed by atoms with van der Waals surface area (Å²) < 4.78 is 10.7. The van der Waals surface area contributed by atoms with Gasteiger partial charge in [-0.15, -0.1) is 0 Å². The van der Waals surface area contributed by atoms with Crippen molar-refractivity contribution in [1.82, 2.24) is 0 Å². The van der Waals surface area contributed by atoms with Gasteiger partial charge in [-0.2, -0.15) is 0 Å². The van der Waals surface area contributed by atoms with Crippen molar-refractivity contribution in [2.24, 2.45) is 0 Å². The van der Waals surface area contributed by atoms with Crippen molar-refractivity contribution in [3.8, 4) is 5.75 Å². The first kappa shape index (κ1) is 13.1. The van der Waals surface area contributed by atoms with Crippen LogP contribution in [0.2, 0.25) is 0 Å². The van der Waals surface area contributed by atoms with E-state index >= 15 is 0 Å². The molecule has 1 amide bonds. The molecule has 5 nitrogen and oxygen atoms in total. The number of nitrogen functional groups attached to an aromatic ring is 1. The van der Waals surface area contributed by atoms with Gasteiger partial charge in [0, 0.05) is 11.1 Å². The third-order valence-corrected chi connectivity index (χ3v) is 3.12. The van der Waals surface area contributed by atoms with Gasteiger partial charge in [0.1, 0.15) is 11.3 Å². The average Bonchev–Trinajstić information content (AvgIpc) is 2.91. The van der Waals surface area contributed by atoms with Gasteiger partial charge in [0.15, 0.2) is 5.76 Å². The average molecular weight is 282 g/mol. The Balaban J connectivity index is 1.90. The number of anilines is 2. The first-order valence-corrected chi connectivity index (χ1v) is 6.41. The highest BCUT2D eigenvalue weighted by Crippen LogP contribution is 2.26. The second kappa shape index (κ2) is 5.20. The molecule has 0 bridgehead atoms. The number of ether oxygens (including phenoxy) is 1. The molecular weight excluding hydrogens is 268 g/mol. The van der Waals surface area contributed by atoms with Crippen LogP contribution in [0.15, 0.2) is 52.9 Å². The number of fused-ring (bicyclic) bond motifs is 1. The van der Waals surface area contributed by atoms with Crippen molar-refractivity contribution in [2.75, 3.05) is 18.2 Å². The maximum Gasteiger partial charge on any atom is 0.291 e. The molecule has 1 aromatic heterocycles. The molecule has 3 aromatic rings. The van der Waals surface area contributed by atoms with E-state index in [1.807, 2.05) is 12.1 Å². The number of para-hydroxylation sites is 2. The SMILES string of the molecule is COc1ccccc1NC(=O)c1cc2cc(N)ccc2o1. The summed E-state index contributed by atoms with van der Waals surface area (Å²) >= 11 is 0. The zero-order valence-electron chi connectivity index (χ0n) is 11.4. The summed E-state index contributed by atoms with van der Waals surface area (Å²) in [5.74, 6) is 0.474. The van der Waals surface area contributed by atoms with Gasteiger partial charge in [-0.25, -0.2) is 0 Å². The lowest BCUT2D eigenvalue weighted by Crippen LogP contribution is -2.11. The molecule has 0 aliphatic carbocycles. The lowest BCUT2D eigenvalue weighted by molar-refractivity contribution is 0.0998. The van der Waals surface area contributed by atoms with Gasteiger partial charge in [-0.1, -0.05) is 12.1 Å². The fourth-order valence-corrected chi connectivity index (χ4v) is 2.11. The third-order valence-electron chi connectivity index (χ3n) is 3.12. The van der Waals surface area contributed by atoms with Crippen LogP contribution in [0.25, 0.3) is 11.0 Å². The Hall–Kier alpha value is -2.95. The maximum atomic E-state index is 12.2. The van der Waals surface area contributed by atoms with E-state index in [-0.39, 0.29) is 11.7 Å². The van der Waals surface area contributed by atoms with Gasteiger partial charge >= 0.3 is 0 Å². The molecule has 0 saturated carbocycles. The van der Waals surface area contributed by atoms with Crippen LogP contribution in [0.3, 0.4) is 0 Å². The Morgan fingerprint density at radius 2 is 2.00 bits per heavy atom. The Morgan fingerprint density at radius 1 is 1.19 bits per heavy atom. The predicted molar refractivity (Wildman–Crippen MR) is 81.6 cm³/mol. The van der Waals surface area contributed by atoms with Crippen LogP contribution < -0.4 is 15.8 Å². The van der Waals surface area contributed by atoms with Gasteiger partial charge in [0.2, 0.25) is 0 Å². The fourth-order valence-electron chi connectivity index (χ4n) is 2.11. The van der Waals surface area contributed by atoms with Crippen LogP contribution in [0.1, 0.15) is 10.6 Å². The highest BCUT2D eigenvalue weighted by atomic mass is 16.5. The summed E-state index contributed by atoms with van der Waals surface area (Å²) in [5.41, 5.74) is 7.54. The molecule has 1 heterocycles. The lowest BCUT2D eigenvalue weighted by atomic mass is 10.2. The van der Waals surface area contributed by atoms with Crippen molar-refractivity contribution in [2.45, 2.75) is 0 Å². The highest BCUT2D eigenvalue weighted by Gasteiger charge is 2.14. The van der Waals surface area contributed by atoms with E-state index in [1.165, 1.54) is 0 Å². The van der Waals surface area contributed by atoms with Crippen molar-refractivity contribution in [3.05, 3.63) is 54.3 Å². The molecule has 5 heteroatoms. The van der Waals surface area contributed by atoms with E-state index in [1.54, 1.807) is 43.5 Å². The minimum Gasteiger partial charge on any atom is -0.495 e. The third kappa shape index (κ3) is 2.53. The largest absolute Gasteiger partial charge is 0.495 e. The van der Waals surface area contributed by atoms with Gasteiger partial charge in [-0.3, -0.25) is 4.79 Å². The number of amides is 1. The number of nitrogens with one attached hydrogen (secondary N) is 1. The first-order chi connectivity index (χ1) is 10.2. The van der Waals surface area contributed by atoms with Crippen molar-refractivity contribution in [1.29, 1.82) is 0 Å². The van der Waals surface area contributed by atoms with Crippen molar-refractivity contribution < 1.29 is 13.9 Å². The van der Waals surface area contributed by atoms with Crippen LogP contribution >= 0.6 is 0 Å². The van der Waals surface area contributed by atoms with Crippen LogP contribution in [0.5, 0.6) is 5.75 Å². The summed E-state index contributed by atoms with van der Waals surface area (Å²) in [6, 6.07) is 14.1. The van der Waals surface area contributed by atoms with Crippen molar-refractivity contribution in [3.63, 3.8) is 0 Å². The molecule has 21 heavy (non-hydrogen) atoms. The van der Waals surface area contributed by atoms with Crippen molar-refractivity contribution >= 4 is 28.3 Å². The Labute approximate surface area is 121 Å². The van der Waals surface area contributed by atoms with Gasteiger partial charge in [0.25, 0.3) is 5.91 Å². The molecular formula is C16H14N2O3. The summed E-state index contributed by atoms with van der Waals surface area (Å²) in [7, 11) is 1.55. The van der Waals surface area contributed by atoms with E-state index in [0.29, 0.717) is 22.7 Å². The minimum atomic E-state index is -0.339. The molecule has 0 unspecified atom stereocenters. The molecule has 0 fully saturated rings. The molecule has 3 N–H and O–H groups in total. The predicted octanol–water partition coefficient (Wildman–Crippen LogP) is 3.28. The second-order valence-electron chi connectivity index (χ2n) is 4.56. The van der Waals surface area contributed by atoms with Crippen LogP contribution in [0, 0.1) is 0 Å². The first-order valence-electron chi connectivity index (χ1n) is 6.41. The molecule has 2 aromatic carbocycles. The lowest BCUT2D eigenvalue weighted by Gasteiger charge is -2.08. The molecule has 0 aliphatic rings. The van der Waals surface area contributed by atoms with Gasteiger partial charge in [-0.05, 0) is 36.4 Å². The summed E-state index contributed by atoms with van der Waals surface area (Å²) in [5, 5.41) is 3.56. The van der Waals surface area contributed by atoms with Crippen LogP contribution in [0.4, 0.5) is 11.4 Å². The number of benzene rings is 2. The van der Waals surface area contributed by atoms with Crippen LogP contribution in [-0.4, -0.2) is 13.0 Å². The molecule has 0 atom stereocenters. The van der Waals surface area contributed by atoms with E-state index < -0.39 is 0 Å². The normalized spacial score (nSPS) is 10.5. The molecule has 0 radical (unpaired) electrons. The van der Waals surface area contributed by atoms with E-state index in [4.69, 9.17) is 14.9 Å². The van der Waals surface area contributed by atoms with Gasteiger partial charge < -0.3 is 20.2 Å². The number of nitrogens with two attached hydrogens (primary N) is 1. The second-order valence-corrected chi connectivity index (χ2v) is 4.56.